The van der Waals surface area contributed by atoms with Crippen molar-refractivity contribution in [1.29, 1.82) is 0 Å². The molecule has 1 aliphatic carbocycles. The van der Waals surface area contributed by atoms with Crippen LogP contribution in [0.2, 0.25) is 0 Å². The van der Waals surface area contributed by atoms with Crippen LogP contribution in [0, 0.1) is 0 Å². The van der Waals surface area contributed by atoms with Gasteiger partial charge in [-0.1, -0.05) is 0 Å². The minimum Gasteiger partial charge on any atom is -0.371 e. The van der Waals surface area contributed by atoms with Crippen molar-refractivity contribution in [3.05, 3.63) is 0 Å². The number of rotatable bonds is 4. The fourth-order valence-electron chi connectivity index (χ4n) is 2.56. The predicted octanol–water partition coefficient (Wildman–Crippen LogP) is 2.09. The van der Waals surface area contributed by atoms with Crippen LogP contribution < -0.4 is 5.32 Å². The van der Waals surface area contributed by atoms with Crippen molar-refractivity contribution in [2.24, 2.45) is 0 Å². The maximum atomic E-state index is 12.2. The van der Waals surface area contributed by atoms with E-state index < -0.39 is 0 Å². The van der Waals surface area contributed by atoms with Gasteiger partial charge in [-0.05, 0) is 44.6 Å². The number of ether oxygens (including phenoxy) is 1. The van der Waals surface area contributed by atoms with Gasteiger partial charge in [-0.15, -0.1) is 0 Å². The lowest BCUT2D eigenvalue weighted by atomic mass is 9.79. The predicted molar refractivity (Wildman–Crippen MR) is 75.1 cm³/mol. The molecule has 1 aliphatic heterocycles. The molecule has 4 nitrogen and oxygen atoms in total. The molecule has 0 radical (unpaired) electrons. The Morgan fingerprint density at radius 2 is 2.33 bits per heavy atom. The van der Waals surface area contributed by atoms with Crippen LogP contribution in [0.15, 0.2) is 0 Å². The number of urea groups is 1. The molecule has 1 spiro atoms. The largest absolute Gasteiger partial charge is 0.371 e. The normalized spacial score (nSPS) is 23.6. The molecule has 0 unspecified atom stereocenters. The van der Waals surface area contributed by atoms with E-state index in [1.807, 2.05) is 16.7 Å². The Morgan fingerprint density at radius 1 is 1.56 bits per heavy atom. The summed E-state index contributed by atoms with van der Waals surface area (Å²) >= 11 is 1.82. The lowest BCUT2D eigenvalue weighted by Gasteiger charge is -2.48. The Kier molecular flexibility index (Phi) is 4.78. The molecule has 0 bridgehead atoms. The smallest absolute Gasteiger partial charge is 0.317 e. The van der Waals surface area contributed by atoms with Crippen molar-refractivity contribution in [3.8, 4) is 0 Å². The molecular weight excluding hydrogens is 248 g/mol. The second kappa shape index (κ2) is 6.15. The van der Waals surface area contributed by atoms with E-state index in [4.69, 9.17) is 4.74 Å². The van der Waals surface area contributed by atoms with Crippen LogP contribution in [0.5, 0.6) is 0 Å². The van der Waals surface area contributed by atoms with Crippen molar-refractivity contribution in [2.45, 2.75) is 44.2 Å². The molecule has 2 rings (SSSR count). The molecule has 0 aromatic rings. The SMILES string of the molecule is CSCC[C@H](C)NC(=O)N1CCOC2(CCC2)C1. The van der Waals surface area contributed by atoms with Crippen molar-refractivity contribution in [2.75, 3.05) is 31.7 Å². The number of hydrogen-bond acceptors (Lipinski definition) is 3. The quantitative estimate of drug-likeness (QED) is 0.852. The minimum atomic E-state index is -0.00189. The molecule has 2 fully saturated rings. The van der Waals surface area contributed by atoms with Gasteiger partial charge >= 0.3 is 6.03 Å². The molecule has 0 aromatic heterocycles. The number of carbonyl (C=O) groups excluding carboxylic acids is 1. The summed E-state index contributed by atoms with van der Waals surface area (Å²) in [6.45, 7) is 4.26. The van der Waals surface area contributed by atoms with E-state index in [2.05, 4.69) is 18.5 Å². The number of thioether (sulfide) groups is 1. The first-order valence-electron chi connectivity index (χ1n) is 6.83. The number of nitrogens with zero attached hydrogens (tertiary/aromatic N) is 1. The zero-order chi connectivity index (χ0) is 13.0. The molecule has 2 aliphatic rings. The van der Waals surface area contributed by atoms with Crippen molar-refractivity contribution < 1.29 is 9.53 Å². The average molecular weight is 272 g/mol. The Morgan fingerprint density at radius 3 is 2.94 bits per heavy atom. The number of hydrogen-bond donors (Lipinski definition) is 1. The number of morpholine rings is 1. The Balaban J connectivity index is 1.77. The monoisotopic (exact) mass is 272 g/mol. The van der Waals surface area contributed by atoms with E-state index in [0.717, 1.165) is 38.1 Å². The maximum Gasteiger partial charge on any atom is 0.317 e. The van der Waals surface area contributed by atoms with Crippen LogP contribution in [-0.4, -0.2) is 54.3 Å². The summed E-state index contributed by atoms with van der Waals surface area (Å²) in [7, 11) is 0. The third-order valence-electron chi connectivity index (χ3n) is 3.93. The molecule has 1 N–H and O–H groups in total. The van der Waals surface area contributed by atoms with Gasteiger partial charge in [-0.2, -0.15) is 11.8 Å². The van der Waals surface area contributed by atoms with E-state index in [-0.39, 0.29) is 17.7 Å². The topological polar surface area (TPSA) is 41.6 Å². The van der Waals surface area contributed by atoms with Gasteiger partial charge in [0.2, 0.25) is 0 Å². The molecule has 5 heteroatoms. The summed E-state index contributed by atoms with van der Waals surface area (Å²) in [4.78, 5) is 14.1. The van der Waals surface area contributed by atoms with Gasteiger partial charge in [0.05, 0.1) is 18.8 Å². The van der Waals surface area contributed by atoms with E-state index in [0.29, 0.717) is 6.61 Å². The minimum absolute atomic E-state index is 0.00189. The molecule has 1 heterocycles. The third kappa shape index (κ3) is 3.32. The van der Waals surface area contributed by atoms with Crippen LogP contribution in [0.3, 0.4) is 0 Å². The first kappa shape index (κ1) is 14.0. The number of carbonyl (C=O) groups is 1. The fourth-order valence-corrected chi connectivity index (χ4v) is 3.15. The highest BCUT2D eigenvalue weighted by Gasteiger charge is 2.43. The van der Waals surface area contributed by atoms with Gasteiger partial charge in [0.1, 0.15) is 0 Å². The lowest BCUT2D eigenvalue weighted by Crippen LogP contribution is -2.59. The number of amides is 2. The van der Waals surface area contributed by atoms with Crippen LogP contribution in [-0.2, 0) is 4.74 Å². The first-order valence-corrected chi connectivity index (χ1v) is 8.23. The molecule has 2 amide bonds. The van der Waals surface area contributed by atoms with Crippen LogP contribution in [0.4, 0.5) is 4.79 Å². The molecular formula is C13H24N2O2S. The lowest BCUT2D eigenvalue weighted by molar-refractivity contribution is -0.141. The van der Waals surface area contributed by atoms with E-state index in [9.17, 15) is 4.79 Å². The van der Waals surface area contributed by atoms with Gasteiger partial charge < -0.3 is 15.0 Å². The fraction of sp³-hybridized carbons (Fsp3) is 0.923. The maximum absolute atomic E-state index is 12.2. The van der Waals surface area contributed by atoms with E-state index in [1.54, 1.807) is 0 Å². The summed E-state index contributed by atoms with van der Waals surface area (Å²) in [5.41, 5.74) is -0.00189. The average Bonchev–Trinajstić information content (AvgIpc) is 2.34. The highest BCUT2D eigenvalue weighted by molar-refractivity contribution is 7.98. The van der Waals surface area contributed by atoms with Gasteiger partial charge in [-0.25, -0.2) is 4.79 Å². The second-order valence-electron chi connectivity index (χ2n) is 5.44. The van der Waals surface area contributed by atoms with Crippen molar-refractivity contribution in [3.63, 3.8) is 0 Å². The highest BCUT2D eigenvalue weighted by atomic mass is 32.2. The van der Waals surface area contributed by atoms with Crippen LogP contribution in [0.1, 0.15) is 32.6 Å². The standard InChI is InChI=1S/C13H24N2O2S/c1-11(4-9-18-2)14-12(16)15-7-8-17-13(10-15)5-3-6-13/h11H,3-10H2,1-2H3,(H,14,16)/t11-/m0/s1. The summed E-state index contributed by atoms with van der Waals surface area (Å²) in [5, 5.41) is 3.09. The van der Waals surface area contributed by atoms with E-state index in [1.165, 1.54) is 6.42 Å². The zero-order valence-corrected chi connectivity index (χ0v) is 12.2. The van der Waals surface area contributed by atoms with Crippen LogP contribution >= 0.6 is 11.8 Å². The zero-order valence-electron chi connectivity index (χ0n) is 11.4. The first-order chi connectivity index (χ1) is 8.65. The molecule has 0 aromatic carbocycles. The van der Waals surface area contributed by atoms with Crippen molar-refractivity contribution in [1.82, 2.24) is 10.2 Å². The summed E-state index contributed by atoms with van der Waals surface area (Å²) < 4.78 is 5.83. The van der Waals surface area contributed by atoms with Gasteiger partial charge in [0.25, 0.3) is 0 Å². The highest BCUT2D eigenvalue weighted by Crippen LogP contribution is 2.38. The molecule has 104 valence electrons. The Bertz CT molecular complexity index is 295. The molecule has 1 saturated carbocycles. The van der Waals surface area contributed by atoms with Gasteiger partial charge in [0.15, 0.2) is 0 Å². The molecule has 18 heavy (non-hydrogen) atoms. The third-order valence-corrected chi connectivity index (χ3v) is 4.57. The molecule has 1 atom stereocenters. The second-order valence-corrected chi connectivity index (χ2v) is 6.42. The van der Waals surface area contributed by atoms with Crippen molar-refractivity contribution >= 4 is 17.8 Å². The van der Waals surface area contributed by atoms with Gasteiger partial charge in [0, 0.05) is 12.6 Å². The number of nitrogens with one attached hydrogen (secondary N) is 1. The van der Waals surface area contributed by atoms with Crippen LogP contribution in [0.25, 0.3) is 0 Å². The van der Waals surface area contributed by atoms with E-state index >= 15 is 0 Å². The summed E-state index contributed by atoms with van der Waals surface area (Å²) in [6.07, 6.45) is 6.58. The summed E-state index contributed by atoms with van der Waals surface area (Å²) in [5.74, 6) is 1.09. The Labute approximate surface area is 114 Å². The van der Waals surface area contributed by atoms with Gasteiger partial charge in [-0.3, -0.25) is 0 Å². The Hall–Kier alpha value is -0.420. The molecule has 1 saturated heterocycles. The summed E-state index contributed by atoms with van der Waals surface area (Å²) in [6, 6.07) is 0.336.